The van der Waals surface area contributed by atoms with E-state index in [1.165, 1.54) is 6.92 Å². The van der Waals surface area contributed by atoms with Gasteiger partial charge in [0.1, 0.15) is 17.5 Å². The Bertz CT molecular complexity index is 428. The molecule has 1 aromatic carbocycles. The van der Waals surface area contributed by atoms with E-state index >= 15 is 0 Å². The topological polar surface area (TPSA) is 52.6 Å². The van der Waals surface area contributed by atoms with Gasteiger partial charge in [-0.3, -0.25) is 9.59 Å². The fraction of sp³-hybridized carbons (Fsp3) is 0.429. The van der Waals surface area contributed by atoms with Crippen molar-refractivity contribution in [1.29, 1.82) is 0 Å². The number of hydrogen-bond donors (Lipinski definition) is 0. The third-order valence-corrected chi connectivity index (χ3v) is 2.80. The molecule has 104 valence electrons. The second kappa shape index (κ2) is 7.79. The molecule has 0 aromatic heterocycles. The molecule has 0 aliphatic carbocycles. The zero-order valence-electron chi connectivity index (χ0n) is 11.0. The Balaban J connectivity index is 2.46. The number of esters is 1. The molecule has 0 N–H and O–H groups in total. The highest BCUT2D eigenvalue weighted by Crippen LogP contribution is 2.16. The van der Waals surface area contributed by atoms with Gasteiger partial charge in [0.2, 0.25) is 0 Å². The highest BCUT2D eigenvalue weighted by atomic mass is 35.5. The molecule has 1 aromatic rings. The molecular formula is C14H17ClO4. The van der Waals surface area contributed by atoms with Crippen LogP contribution in [0.2, 0.25) is 5.02 Å². The van der Waals surface area contributed by atoms with E-state index in [-0.39, 0.29) is 19.0 Å². The van der Waals surface area contributed by atoms with Gasteiger partial charge >= 0.3 is 5.97 Å². The largest absolute Gasteiger partial charge is 0.494 e. The summed E-state index contributed by atoms with van der Waals surface area (Å²) < 4.78 is 10.3. The van der Waals surface area contributed by atoms with Crippen LogP contribution in [0.1, 0.15) is 20.3 Å². The van der Waals surface area contributed by atoms with Crippen LogP contribution in [0.25, 0.3) is 0 Å². The minimum atomic E-state index is -0.757. The van der Waals surface area contributed by atoms with Gasteiger partial charge in [-0.05, 0) is 38.1 Å². The smallest absolute Gasteiger partial charge is 0.316 e. The van der Waals surface area contributed by atoms with Gasteiger partial charge in [-0.2, -0.15) is 0 Å². The SMILES string of the molecule is CCOC(=O)C(CCOc1ccc(Cl)cc1)C(C)=O. The first-order valence-corrected chi connectivity index (χ1v) is 6.47. The highest BCUT2D eigenvalue weighted by Gasteiger charge is 2.24. The van der Waals surface area contributed by atoms with Crippen molar-refractivity contribution >= 4 is 23.4 Å². The summed E-state index contributed by atoms with van der Waals surface area (Å²) in [6, 6.07) is 6.89. The van der Waals surface area contributed by atoms with Crippen LogP contribution < -0.4 is 4.74 Å². The summed E-state index contributed by atoms with van der Waals surface area (Å²) in [5.74, 6) is -0.810. The van der Waals surface area contributed by atoms with E-state index in [2.05, 4.69) is 0 Å². The molecule has 0 saturated carbocycles. The van der Waals surface area contributed by atoms with Crippen molar-refractivity contribution in [2.24, 2.45) is 5.92 Å². The lowest BCUT2D eigenvalue weighted by molar-refractivity contribution is -0.151. The summed E-state index contributed by atoms with van der Waals surface area (Å²) in [5.41, 5.74) is 0. The van der Waals surface area contributed by atoms with Crippen LogP contribution in [-0.4, -0.2) is 25.0 Å². The van der Waals surface area contributed by atoms with Gasteiger partial charge < -0.3 is 9.47 Å². The predicted octanol–water partition coefficient (Wildman–Crippen LogP) is 2.88. The average Bonchev–Trinajstić information content (AvgIpc) is 2.36. The Morgan fingerprint density at radius 3 is 2.42 bits per heavy atom. The van der Waals surface area contributed by atoms with Crippen molar-refractivity contribution in [2.45, 2.75) is 20.3 Å². The molecule has 1 unspecified atom stereocenters. The third kappa shape index (κ3) is 5.30. The van der Waals surface area contributed by atoms with Crippen molar-refractivity contribution in [3.05, 3.63) is 29.3 Å². The molecule has 0 amide bonds. The van der Waals surface area contributed by atoms with Crippen molar-refractivity contribution in [2.75, 3.05) is 13.2 Å². The van der Waals surface area contributed by atoms with Crippen molar-refractivity contribution in [1.82, 2.24) is 0 Å². The van der Waals surface area contributed by atoms with Crippen LogP contribution in [-0.2, 0) is 14.3 Å². The standard InChI is InChI=1S/C14H17ClO4/c1-3-18-14(17)13(10(2)16)8-9-19-12-6-4-11(15)5-7-12/h4-7,13H,3,8-9H2,1-2H3. The van der Waals surface area contributed by atoms with Gasteiger partial charge in [-0.25, -0.2) is 0 Å². The molecule has 0 aliphatic rings. The minimum absolute atomic E-state index is 0.210. The number of benzene rings is 1. The number of carbonyl (C=O) groups excluding carboxylic acids is 2. The maximum Gasteiger partial charge on any atom is 0.316 e. The van der Waals surface area contributed by atoms with Gasteiger partial charge in [0.25, 0.3) is 0 Å². The van der Waals surface area contributed by atoms with Crippen LogP contribution >= 0.6 is 11.6 Å². The summed E-state index contributed by atoms with van der Waals surface area (Å²) in [5, 5.41) is 0.625. The highest BCUT2D eigenvalue weighted by molar-refractivity contribution is 6.30. The maximum atomic E-state index is 11.6. The first-order valence-electron chi connectivity index (χ1n) is 6.10. The van der Waals surface area contributed by atoms with Crippen LogP contribution in [0.5, 0.6) is 5.75 Å². The summed E-state index contributed by atoms with van der Waals surface area (Å²) >= 11 is 5.75. The van der Waals surface area contributed by atoms with Crippen molar-refractivity contribution in [3.8, 4) is 5.75 Å². The molecule has 0 bridgehead atoms. The Morgan fingerprint density at radius 1 is 1.26 bits per heavy atom. The Morgan fingerprint density at radius 2 is 1.89 bits per heavy atom. The molecule has 1 rings (SSSR count). The zero-order valence-corrected chi connectivity index (χ0v) is 11.8. The number of rotatable bonds is 7. The van der Waals surface area contributed by atoms with Crippen LogP contribution in [0.3, 0.4) is 0 Å². The van der Waals surface area contributed by atoms with Gasteiger partial charge in [-0.1, -0.05) is 11.6 Å². The molecule has 0 heterocycles. The molecule has 0 aliphatic heterocycles. The fourth-order valence-corrected chi connectivity index (χ4v) is 1.68. The Labute approximate surface area is 117 Å². The number of Topliss-reactive ketones (excluding diaryl/α,β-unsaturated/α-hetero) is 1. The number of ether oxygens (including phenoxy) is 2. The lowest BCUT2D eigenvalue weighted by Gasteiger charge is -2.13. The van der Waals surface area contributed by atoms with Gasteiger partial charge in [-0.15, -0.1) is 0 Å². The van der Waals surface area contributed by atoms with E-state index in [1.807, 2.05) is 0 Å². The predicted molar refractivity (Wildman–Crippen MR) is 72.4 cm³/mol. The molecule has 1 atom stereocenters. The lowest BCUT2D eigenvalue weighted by atomic mass is 10.0. The molecule has 19 heavy (non-hydrogen) atoms. The number of halogens is 1. The summed E-state index contributed by atoms with van der Waals surface area (Å²) in [4.78, 5) is 22.9. The fourth-order valence-electron chi connectivity index (χ4n) is 1.56. The number of ketones is 1. The minimum Gasteiger partial charge on any atom is -0.494 e. The molecule has 0 spiro atoms. The summed E-state index contributed by atoms with van der Waals surface area (Å²) in [6.07, 6.45) is 0.302. The molecule has 5 heteroatoms. The van der Waals surface area contributed by atoms with Crippen LogP contribution in [0, 0.1) is 5.92 Å². The first kappa shape index (κ1) is 15.5. The van der Waals surface area contributed by atoms with E-state index in [0.29, 0.717) is 17.2 Å². The van der Waals surface area contributed by atoms with E-state index < -0.39 is 11.9 Å². The van der Waals surface area contributed by atoms with E-state index in [0.717, 1.165) is 0 Å². The molecular weight excluding hydrogens is 268 g/mol. The molecule has 0 radical (unpaired) electrons. The normalized spacial score (nSPS) is 11.7. The quantitative estimate of drug-likeness (QED) is 0.571. The van der Waals surface area contributed by atoms with E-state index in [9.17, 15) is 9.59 Å². The van der Waals surface area contributed by atoms with Crippen molar-refractivity contribution in [3.63, 3.8) is 0 Å². The summed E-state index contributed by atoms with van der Waals surface area (Å²) in [7, 11) is 0. The number of hydrogen-bond acceptors (Lipinski definition) is 4. The maximum absolute atomic E-state index is 11.6. The van der Waals surface area contributed by atoms with Gasteiger partial charge in [0.15, 0.2) is 0 Å². The second-order valence-corrected chi connectivity index (χ2v) is 4.44. The van der Waals surface area contributed by atoms with Gasteiger partial charge in [0.05, 0.1) is 13.2 Å². The Hall–Kier alpha value is -1.55. The molecule has 0 fully saturated rings. The summed E-state index contributed by atoms with van der Waals surface area (Å²) in [6.45, 7) is 3.62. The number of carbonyl (C=O) groups is 2. The monoisotopic (exact) mass is 284 g/mol. The molecule has 0 saturated heterocycles. The lowest BCUT2D eigenvalue weighted by Crippen LogP contribution is -2.26. The van der Waals surface area contributed by atoms with E-state index in [4.69, 9.17) is 21.1 Å². The zero-order chi connectivity index (χ0) is 14.3. The third-order valence-electron chi connectivity index (χ3n) is 2.55. The Kier molecular flexibility index (Phi) is 6.36. The average molecular weight is 285 g/mol. The van der Waals surface area contributed by atoms with Crippen LogP contribution in [0.4, 0.5) is 0 Å². The van der Waals surface area contributed by atoms with Crippen LogP contribution in [0.15, 0.2) is 24.3 Å². The molecule has 4 nitrogen and oxygen atoms in total. The first-order chi connectivity index (χ1) is 9.04. The van der Waals surface area contributed by atoms with Gasteiger partial charge in [0, 0.05) is 11.4 Å². The van der Waals surface area contributed by atoms with E-state index in [1.54, 1.807) is 31.2 Å². The second-order valence-electron chi connectivity index (χ2n) is 4.01. The van der Waals surface area contributed by atoms with Crippen molar-refractivity contribution < 1.29 is 19.1 Å².